The van der Waals surface area contributed by atoms with Gasteiger partial charge in [-0.15, -0.1) is 17.9 Å². The summed E-state index contributed by atoms with van der Waals surface area (Å²) in [6, 6.07) is 9.53. The Hall–Kier alpha value is -2.67. The Morgan fingerprint density at radius 1 is 1.35 bits per heavy atom. The van der Waals surface area contributed by atoms with E-state index in [9.17, 15) is 14.9 Å². The minimum Gasteiger partial charge on any atom is -0.484 e. The second kappa shape index (κ2) is 8.09. The fourth-order valence-electron chi connectivity index (χ4n) is 1.90. The van der Waals surface area contributed by atoms with E-state index in [1.807, 2.05) is 17.5 Å². The van der Waals surface area contributed by atoms with Crippen LogP contribution in [0.3, 0.4) is 0 Å². The molecule has 0 bridgehead atoms. The molecule has 7 heteroatoms. The van der Waals surface area contributed by atoms with E-state index in [4.69, 9.17) is 4.74 Å². The molecule has 0 saturated heterocycles. The van der Waals surface area contributed by atoms with Gasteiger partial charge in [0.1, 0.15) is 5.75 Å². The van der Waals surface area contributed by atoms with Crippen molar-refractivity contribution in [3.63, 3.8) is 0 Å². The Morgan fingerprint density at radius 3 is 2.65 bits per heavy atom. The van der Waals surface area contributed by atoms with E-state index < -0.39 is 4.92 Å². The van der Waals surface area contributed by atoms with Gasteiger partial charge in [-0.05, 0) is 23.6 Å². The molecule has 120 valence electrons. The Bertz CT molecular complexity index is 668. The lowest BCUT2D eigenvalue weighted by Crippen LogP contribution is -2.34. The van der Waals surface area contributed by atoms with Crippen LogP contribution < -0.4 is 4.74 Å². The number of carbonyl (C=O) groups excluding carboxylic acids is 1. The minimum atomic E-state index is -0.484. The molecule has 1 aromatic carbocycles. The van der Waals surface area contributed by atoms with Crippen LogP contribution in [-0.4, -0.2) is 28.9 Å². The van der Waals surface area contributed by atoms with Gasteiger partial charge in [0, 0.05) is 23.6 Å². The molecule has 2 rings (SSSR count). The van der Waals surface area contributed by atoms with E-state index >= 15 is 0 Å². The second-order valence-corrected chi connectivity index (χ2v) is 5.71. The highest BCUT2D eigenvalue weighted by atomic mass is 32.1. The molecule has 1 aromatic heterocycles. The van der Waals surface area contributed by atoms with Crippen LogP contribution in [0.1, 0.15) is 4.88 Å². The van der Waals surface area contributed by atoms with Crippen molar-refractivity contribution in [2.24, 2.45) is 0 Å². The molecule has 0 N–H and O–H groups in total. The molecule has 2 aromatic rings. The van der Waals surface area contributed by atoms with Crippen molar-refractivity contribution in [2.75, 3.05) is 13.2 Å². The lowest BCUT2D eigenvalue weighted by atomic mass is 10.3. The summed E-state index contributed by atoms with van der Waals surface area (Å²) in [5.41, 5.74) is -0.0188. The molecular formula is C16H16N2O4S. The number of nitro groups is 1. The fourth-order valence-corrected chi connectivity index (χ4v) is 2.62. The lowest BCUT2D eigenvalue weighted by Gasteiger charge is -2.20. The highest BCUT2D eigenvalue weighted by molar-refractivity contribution is 7.09. The van der Waals surface area contributed by atoms with Gasteiger partial charge in [0.15, 0.2) is 6.61 Å². The third kappa shape index (κ3) is 4.93. The zero-order valence-corrected chi connectivity index (χ0v) is 13.2. The average molecular weight is 332 g/mol. The highest BCUT2D eigenvalue weighted by Gasteiger charge is 2.14. The third-order valence-electron chi connectivity index (χ3n) is 3.04. The van der Waals surface area contributed by atoms with Crippen molar-refractivity contribution in [3.8, 4) is 5.75 Å². The van der Waals surface area contributed by atoms with Gasteiger partial charge in [-0.25, -0.2) is 0 Å². The van der Waals surface area contributed by atoms with Crippen molar-refractivity contribution >= 4 is 22.9 Å². The largest absolute Gasteiger partial charge is 0.484 e. The molecule has 0 fully saturated rings. The van der Waals surface area contributed by atoms with Crippen LogP contribution in [0, 0.1) is 10.1 Å². The number of benzene rings is 1. The van der Waals surface area contributed by atoms with E-state index in [1.54, 1.807) is 22.3 Å². The molecule has 0 aliphatic carbocycles. The average Bonchev–Trinajstić information content (AvgIpc) is 3.05. The monoisotopic (exact) mass is 332 g/mol. The Kier molecular flexibility index (Phi) is 5.87. The van der Waals surface area contributed by atoms with Crippen molar-refractivity contribution < 1.29 is 14.5 Å². The van der Waals surface area contributed by atoms with Crippen LogP contribution in [0.15, 0.2) is 54.4 Å². The van der Waals surface area contributed by atoms with Gasteiger partial charge in [-0.2, -0.15) is 0 Å². The number of thiophene rings is 1. The summed E-state index contributed by atoms with van der Waals surface area (Å²) in [4.78, 5) is 25.1. The molecule has 1 heterocycles. The molecule has 23 heavy (non-hydrogen) atoms. The van der Waals surface area contributed by atoms with E-state index in [0.29, 0.717) is 18.8 Å². The Labute approximate surface area is 137 Å². The number of hydrogen-bond acceptors (Lipinski definition) is 5. The number of hydrogen-bond donors (Lipinski definition) is 0. The van der Waals surface area contributed by atoms with Crippen LogP contribution in [-0.2, 0) is 11.3 Å². The number of amides is 1. The van der Waals surface area contributed by atoms with E-state index in [-0.39, 0.29) is 18.2 Å². The maximum absolute atomic E-state index is 12.3. The number of nitrogens with zero attached hydrogens (tertiary/aromatic N) is 2. The van der Waals surface area contributed by atoms with Crippen molar-refractivity contribution in [1.82, 2.24) is 4.90 Å². The molecule has 6 nitrogen and oxygen atoms in total. The predicted molar refractivity (Wildman–Crippen MR) is 88.5 cm³/mol. The summed E-state index contributed by atoms with van der Waals surface area (Å²) in [6.45, 7) is 4.47. The highest BCUT2D eigenvalue weighted by Crippen LogP contribution is 2.17. The lowest BCUT2D eigenvalue weighted by molar-refractivity contribution is -0.384. The van der Waals surface area contributed by atoms with Gasteiger partial charge in [0.2, 0.25) is 0 Å². The van der Waals surface area contributed by atoms with Gasteiger partial charge >= 0.3 is 0 Å². The number of rotatable bonds is 8. The molecule has 0 aliphatic rings. The quantitative estimate of drug-likeness (QED) is 0.422. The zero-order chi connectivity index (χ0) is 16.7. The molecule has 0 unspecified atom stereocenters. The van der Waals surface area contributed by atoms with Gasteiger partial charge < -0.3 is 9.64 Å². The van der Waals surface area contributed by atoms with E-state index in [1.165, 1.54) is 24.3 Å². The molecule has 0 aliphatic heterocycles. The molecular weight excluding hydrogens is 316 g/mol. The third-order valence-corrected chi connectivity index (χ3v) is 3.90. The summed E-state index contributed by atoms with van der Waals surface area (Å²) in [5.74, 6) is 0.246. The number of carbonyl (C=O) groups is 1. The predicted octanol–water partition coefficient (Wildman–Crippen LogP) is 3.25. The first-order valence-corrected chi connectivity index (χ1v) is 7.76. The second-order valence-electron chi connectivity index (χ2n) is 4.68. The number of ether oxygens (including phenoxy) is 1. The van der Waals surface area contributed by atoms with Gasteiger partial charge in [-0.3, -0.25) is 14.9 Å². The van der Waals surface area contributed by atoms with E-state index in [2.05, 4.69) is 6.58 Å². The molecule has 0 spiro atoms. The van der Waals surface area contributed by atoms with Crippen LogP contribution in [0.5, 0.6) is 5.75 Å². The molecule has 0 atom stereocenters. The van der Waals surface area contributed by atoms with Crippen LogP contribution >= 0.6 is 11.3 Å². The number of nitro benzene ring substituents is 1. The van der Waals surface area contributed by atoms with Gasteiger partial charge in [0.05, 0.1) is 11.5 Å². The van der Waals surface area contributed by atoms with Gasteiger partial charge in [0.25, 0.3) is 11.6 Å². The van der Waals surface area contributed by atoms with Crippen molar-refractivity contribution in [3.05, 3.63) is 69.4 Å². The van der Waals surface area contributed by atoms with Gasteiger partial charge in [-0.1, -0.05) is 12.1 Å². The maximum atomic E-state index is 12.3. The standard InChI is InChI=1S/C16H16N2O4S/c1-2-9-17(11-15-4-3-10-23-15)16(19)12-22-14-7-5-13(6-8-14)18(20)21/h2-8,10H,1,9,11-12H2. The Balaban J connectivity index is 1.92. The molecule has 0 saturated carbocycles. The van der Waals surface area contributed by atoms with Crippen LogP contribution in [0.25, 0.3) is 0 Å². The van der Waals surface area contributed by atoms with E-state index in [0.717, 1.165) is 4.88 Å². The maximum Gasteiger partial charge on any atom is 0.269 e. The smallest absolute Gasteiger partial charge is 0.269 e. The Morgan fingerprint density at radius 2 is 2.09 bits per heavy atom. The fraction of sp³-hybridized carbons (Fsp3) is 0.188. The first-order chi connectivity index (χ1) is 11.1. The summed E-state index contributed by atoms with van der Waals surface area (Å²) in [5, 5.41) is 12.5. The number of non-ortho nitro benzene ring substituents is 1. The SMILES string of the molecule is C=CCN(Cc1cccs1)C(=O)COc1ccc([N+](=O)[O-])cc1. The topological polar surface area (TPSA) is 72.7 Å². The summed E-state index contributed by atoms with van der Waals surface area (Å²) < 4.78 is 5.40. The minimum absolute atomic E-state index is 0.0188. The summed E-state index contributed by atoms with van der Waals surface area (Å²) >= 11 is 1.58. The first kappa shape index (κ1) is 16.7. The zero-order valence-electron chi connectivity index (χ0n) is 12.4. The van der Waals surface area contributed by atoms with Crippen LogP contribution in [0.4, 0.5) is 5.69 Å². The summed E-state index contributed by atoms with van der Waals surface area (Å²) in [7, 11) is 0. The van der Waals surface area contributed by atoms with Crippen molar-refractivity contribution in [2.45, 2.75) is 6.54 Å². The molecule has 1 amide bonds. The summed E-state index contributed by atoms with van der Waals surface area (Å²) in [6.07, 6.45) is 1.66. The van der Waals surface area contributed by atoms with Crippen LogP contribution in [0.2, 0.25) is 0 Å². The molecule has 0 radical (unpaired) electrons. The normalized spacial score (nSPS) is 10.1. The first-order valence-electron chi connectivity index (χ1n) is 6.88. The van der Waals surface area contributed by atoms with Crippen molar-refractivity contribution in [1.29, 1.82) is 0 Å².